The van der Waals surface area contributed by atoms with Crippen LogP contribution in [0.1, 0.15) is 61.6 Å². The molecule has 2 aromatic carbocycles. The molecule has 1 saturated carbocycles. The minimum atomic E-state index is -0.475. The van der Waals surface area contributed by atoms with E-state index in [-0.39, 0.29) is 30.8 Å². The van der Waals surface area contributed by atoms with Gasteiger partial charge in [0.15, 0.2) is 0 Å². The molecule has 0 saturated heterocycles. The maximum atomic E-state index is 14.9. The highest BCUT2D eigenvalue weighted by Crippen LogP contribution is 2.37. The molecule has 1 nitrogen and oxygen atoms in total. The first-order valence-corrected chi connectivity index (χ1v) is 10.3. The van der Waals surface area contributed by atoms with E-state index in [9.17, 15) is 13.2 Å². The van der Waals surface area contributed by atoms with Gasteiger partial charge in [0.05, 0.1) is 19.4 Å². The van der Waals surface area contributed by atoms with Crippen LogP contribution in [0, 0.1) is 17.6 Å². The Bertz CT molecular complexity index is 840. The highest BCUT2D eigenvalue weighted by atomic mass is 19.1. The number of hydrogen-bond acceptors (Lipinski definition) is 1. The van der Waals surface area contributed by atoms with Crippen LogP contribution in [-0.4, -0.2) is 12.8 Å². The Morgan fingerprint density at radius 1 is 1.00 bits per heavy atom. The second kappa shape index (κ2) is 8.28. The summed E-state index contributed by atoms with van der Waals surface area (Å²) in [5.41, 5.74) is 3.30. The fourth-order valence-electron chi connectivity index (χ4n) is 4.62. The standard InChI is InChI=1S/C24H27F3O/c1-15-2-4-16(5-3-15)17-6-7-21(23(26)11-17)18-10-19-14-28-20(8-9-25)13-22(19)24(27)12-18/h6-7,10-12,15-16,20H,2-5,8-9,13-14H2,1H3. The van der Waals surface area contributed by atoms with Gasteiger partial charge in [0.1, 0.15) is 11.6 Å². The summed E-state index contributed by atoms with van der Waals surface area (Å²) in [4.78, 5) is 0. The van der Waals surface area contributed by atoms with Gasteiger partial charge in [0.25, 0.3) is 0 Å². The van der Waals surface area contributed by atoms with Gasteiger partial charge in [-0.3, -0.25) is 4.39 Å². The average Bonchev–Trinajstić information content (AvgIpc) is 2.69. The number of halogens is 3. The van der Waals surface area contributed by atoms with Crippen LogP contribution < -0.4 is 0 Å². The van der Waals surface area contributed by atoms with Crippen LogP contribution in [0.25, 0.3) is 11.1 Å². The fraction of sp³-hybridized carbons (Fsp3) is 0.500. The Balaban J connectivity index is 1.59. The second-order valence-corrected chi connectivity index (χ2v) is 8.41. The molecule has 1 unspecified atom stereocenters. The summed E-state index contributed by atoms with van der Waals surface area (Å²) in [5.74, 6) is 0.512. The summed E-state index contributed by atoms with van der Waals surface area (Å²) in [6.45, 7) is 2.04. The van der Waals surface area contributed by atoms with Crippen molar-refractivity contribution in [3.8, 4) is 11.1 Å². The highest BCUT2D eigenvalue weighted by Gasteiger charge is 2.24. The van der Waals surface area contributed by atoms with Gasteiger partial charge < -0.3 is 4.74 Å². The smallest absolute Gasteiger partial charge is 0.131 e. The molecule has 0 bridgehead atoms. The van der Waals surface area contributed by atoms with Crippen LogP contribution >= 0.6 is 0 Å². The second-order valence-electron chi connectivity index (χ2n) is 8.41. The maximum Gasteiger partial charge on any atom is 0.131 e. The molecular weight excluding hydrogens is 361 g/mol. The van der Waals surface area contributed by atoms with Gasteiger partial charge >= 0.3 is 0 Å². The van der Waals surface area contributed by atoms with Crippen LogP contribution in [0.3, 0.4) is 0 Å². The molecule has 4 rings (SSSR count). The molecule has 1 aliphatic carbocycles. The summed E-state index contributed by atoms with van der Waals surface area (Å²) in [5, 5.41) is 0. The van der Waals surface area contributed by atoms with E-state index < -0.39 is 6.67 Å². The minimum Gasteiger partial charge on any atom is -0.373 e. The van der Waals surface area contributed by atoms with Gasteiger partial charge in [-0.2, -0.15) is 0 Å². The third kappa shape index (κ3) is 3.98. The van der Waals surface area contributed by atoms with Crippen LogP contribution in [0.5, 0.6) is 0 Å². The first kappa shape index (κ1) is 19.5. The van der Waals surface area contributed by atoms with E-state index in [1.807, 2.05) is 12.1 Å². The third-order valence-corrected chi connectivity index (χ3v) is 6.42. The van der Waals surface area contributed by atoms with E-state index >= 15 is 0 Å². The van der Waals surface area contributed by atoms with Crippen LogP contribution in [0.15, 0.2) is 30.3 Å². The zero-order valence-corrected chi connectivity index (χ0v) is 16.3. The maximum absolute atomic E-state index is 14.9. The lowest BCUT2D eigenvalue weighted by atomic mass is 9.79. The normalized spacial score (nSPS) is 24.8. The lowest BCUT2D eigenvalue weighted by molar-refractivity contribution is 0.0184. The molecule has 0 N–H and O–H groups in total. The SMILES string of the molecule is CC1CCC(c2ccc(-c3cc(F)c4c(c3)COC(CCF)C4)c(F)c2)CC1. The Morgan fingerprint density at radius 2 is 1.79 bits per heavy atom. The minimum absolute atomic E-state index is 0.241. The molecule has 2 aromatic rings. The Morgan fingerprint density at radius 3 is 2.50 bits per heavy atom. The lowest BCUT2D eigenvalue weighted by Crippen LogP contribution is -2.24. The summed E-state index contributed by atoms with van der Waals surface area (Å²) in [6.07, 6.45) is 4.94. The van der Waals surface area contributed by atoms with Crippen molar-refractivity contribution in [2.75, 3.05) is 6.67 Å². The van der Waals surface area contributed by atoms with E-state index in [1.54, 1.807) is 12.1 Å². The topological polar surface area (TPSA) is 9.23 Å². The molecule has 0 amide bonds. The van der Waals surface area contributed by atoms with E-state index in [2.05, 4.69) is 6.92 Å². The molecule has 1 fully saturated rings. The van der Waals surface area contributed by atoms with Crippen molar-refractivity contribution >= 4 is 0 Å². The first-order valence-electron chi connectivity index (χ1n) is 10.3. The Labute approximate surface area is 164 Å². The quantitative estimate of drug-likeness (QED) is 0.564. The van der Waals surface area contributed by atoms with Crippen LogP contribution in [-0.2, 0) is 17.8 Å². The number of rotatable bonds is 4. The van der Waals surface area contributed by atoms with Crippen molar-refractivity contribution in [1.29, 1.82) is 0 Å². The molecule has 4 heteroatoms. The first-order chi connectivity index (χ1) is 13.5. The molecule has 1 atom stereocenters. The van der Waals surface area contributed by atoms with Gasteiger partial charge in [-0.1, -0.05) is 31.9 Å². The predicted octanol–water partition coefficient (Wildman–Crippen LogP) is 6.73. The van der Waals surface area contributed by atoms with Gasteiger partial charge in [0.2, 0.25) is 0 Å². The monoisotopic (exact) mass is 388 g/mol. The van der Waals surface area contributed by atoms with E-state index in [4.69, 9.17) is 4.74 Å². The van der Waals surface area contributed by atoms with Gasteiger partial charge in [-0.15, -0.1) is 0 Å². The van der Waals surface area contributed by atoms with Crippen molar-refractivity contribution in [3.63, 3.8) is 0 Å². The van der Waals surface area contributed by atoms with Crippen molar-refractivity contribution in [1.82, 2.24) is 0 Å². The fourth-order valence-corrected chi connectivity index (χ4v) is 4.62. The number of alkyl halides is 1. The van der Waals surface area contributed by atoms with E-state index in [0.717, 1.165) is 29.9 Å². The third-order valence-electron chi connectivity index (χ3n) is 6.42. The van der Waals surface area contributed by atoms with Gasteiger partial charge in [-0.05, 0) is 65.1 Å². The number of benzene rings is 2. The van der Waals surface area contributed by atoms with Crippen molar-refractivity contribution < 1.29 is 17.9 Å². The van der Waals surface area contributed by atoms with Crippen molar-refractivity contribution in [3.05, 3.63) is 58.7 Å². The molecule has 150 valence electrons. The van der Waals surface area contributed by atoms with Gasteiger partial charge in [-0.25, -0.2) is 8.78 Å². The van der Waals surface area contributed by atoms with E-state index in [0.29, 0.717) is 29.0 Å². The summed E-state index contributed by atoms with van der Waals surface area (Å²) in [7, 11) is 0. The molecule has 1 heterocycles. The molecule has 0 spiro atoms. The number of ether oxygens (including phenoxy) is 1. The van der Waals surface area contributed by atoms with Crippen molar-refractivity contribution in [2.24, 2.45) is 5.92 Å². The molecule has 0 radical (unpaired) electrons. The number of hydrogen-bond donors (Lipinski definition) is 0. The zero-order valence-electron chi connectivity index (χ0n) is 16.3. The molecule has 2 aliphatic rings. The highest BCUT2D eigenvalue weighted by molar-refractivity contribution is 5.66. The molecular formula is C24H27F3O. The lowest BCUT2D eigenvalue weighted by Gasteiger charge is -2.27. The molecule has 1 aliphatic heterocycles. The summed E-state index contributed by atoms with van der Waals surface area (Å²) in [6, 6.07) is 8.60. The average molecular weight is 388 g/mol. The largest absolute Gasteiger partial charge is 0.373 e. The summed E-state index contributed by atoms with van der Waals surface area (Å²) < 4.78 is 47.8. The van der Waals surface area contributed by atoms with E-state index in [1.165, 1.54) is 18.9 Å². The predicted molar refractivity (Wildman–Crippen MR) is 105 cm³/mol. The summed E-state index contributed by atoms with van der Waals surface area (Å²) >= 11 is 0. The Kier molecular flexibility index (Phi) is 5.77. The zero-order chi connectivity index (χ0) is 19.7. The van der Waals surface area contributed by atoms with Gasteiger partial charge in [0, 0.05) is 18.4 Å². The van der Waals surface area contributed by atoms with Crippen LogP contribution in [0.4, 0.5) is 13.2 Å². The van der Waals surface area contributed by atoms with Crippen molar-refractivity contribution in [2.45, 2.75) is 64.1 Å². The molecule has 28 heavy (non-hydrogen) atoms. The molecule has 0 aromatic heterocycles. The number of fused-ring (bicyclic) bond motifs is 1. The van der Waals surface area contributed by atoms with Crippen LogP contribution in [0.2, 0.25) is 0 Å². The Hall–Kier alpha value is -1.81.